The second kappa shape index (κ2) is 4.86. The molecule has 2 aromatic rings. The van der Waals surface area contributed by atoms with Crippen molar-refractivity contribution in [3.63, 3.8) is 0 Å². The van der Waals surface area contributed by atoms with Crippen LogP contribution in [-0.2, 0) is 0 Å². The topological polar surface area (TPSA) is 28.2 Å². The van der Waals surface area contributed by atoms with Gasteiger partial charge in [0.05, 0.1) is 15.7 Å². The van der Waals surface area contributed by atoms with Crippen molar-refractivity contribution in [3.8, 4) is 0 Å². The van der Waals surface area contributed by atoms with Crippen LogP contribution in [0, 0.1) is 6.92 Å². The van der Waals surface area contributed by atoms with Crippen LogP contribution in [-0.4, -0.2) is 31.2 Å². The van der Waals surface area contributed by atoms with Gasteiger partial charge in [-0.2, -0.15) is 0 Å². The minimum atomic E-state index is 1.04. The third kappa shape index (κ3) is 2.10. The first-order valence-electron chi connectivity index (χ1n) is 6.26. The predicted octanol–water partition coefficient (Wildman–Crippen LogP) is 2.72. The lowest BCUT2D eigenvalue weighted by Gasteiger charge is -2.31. The average molecular weight is 306 g/mol. The Bertz CT molecular complexity index is 577. The number of aromatic nitrogens is 1. The number of halogens is 1. The van der Waals surface area contributed by atoms with Gasteiger partial charge in [0.25, 0.3) is 0 Å². The molecule has 1 aromatic heterocycles. The molecule has 3 rings (SSSR count). The van der Waals surface area contributed by atoms with E-state index in [9.17, 15) is 0 Å². The van der Waals surface area contributed by atoms with Crippen LogP contribution in [0.4, 0.5) is 5.69 Å². The van der Waals surface area contributed by atoms with E-state index in [0.717, 1.165) is 36.2 Å². The summed E-state index contributed by atoms with van der Waals surface area (Å²) >= 11 is 3.65. The molecule has 0 amide bonds. The van der Waals surface area contributed by atoms with Gasteiger partial charge in [0.15, 0.2) is 0 Å². The fourth-order valence-electron chi connectivity index (χ4n) is 2.47. The number of anilines is 1. The SMILES string of the molecule is Cc1ccc2c(N3CCNCC3)c(Br)cnc2c1. The summed E-state index contributed by atoms with van der Waals surface area (Å²) in [5, 5.41) is 4.62. The minimum absolute atomic E-state index is 1.04. The smallest absolute Gasteiger partial charge is 0.0726 e. The predicted molar refractivity (Wildman–Crippen MR) is 79.3 cm³/mol. The van der Waals surface area contributed by atoms with E-state index in [1.165, 1.54) is 16.6 Å². The normalized spacial score (nSPS) is 16.2. The van der Waals surface area contributed by atoms with Gasteiger partial charge in [0.2, 0.25) is 0 Å². The number of piperazine rings is 1. The summed E-state index contributed by atoms with van der Waals surface area (Å²) in [7, 11) is 0. The maximum Gasteiger partial charge on any atom is 0.0726 e. The van der Waals surface area contributed by atoms with Crippen LogP contribution in [0.15, 0.2) is 28.9 Å². The maximum absolute atomic E-state index is 4.51. The number of pyridine rings is 1. The Hall–Kier alpha value is -1.13. The Morgan fingerprint density at radius 1 is 1.28 bits per heavy atom. The zero-order chi connectivity index (χ0) is 12.5. The molecule has 1 saturated heterocycles. The Morgan fingerprint density at radius 2 is 2.06 bits per heavy atom. The zero-order valence-corrected chi connectivity index (χ0v) is 12.0. The first kappa shape index (κ1) is 11.9. The van der Waals surface area contributed by atoms with Crippen molar-refractivity contribution in [1.29, 1.82) is 0 Å². The van der Waals surface area contributed by atoms with Crippen LogP contribution < -0.4 is 10.2 Å². The molecular weight excluding hydrogens is 290 g/mol. The van der Waals surface area contributed by atoms with E-state index in [1.54, 1.807) is 0 Å². The molecule has 0 bridgehead atoms. The van der Waals surface area contributed by atoms with E-state index in [-0.39, 0.29) is 0 Å². The Balaban J connectivity index is 2.16. The van der Waals surface area contributed by atoms with Crippen molar-refractivity contribution in [2.75, 3.05) is 31.1 Å². The molecule has 2 heterocycles. The number of nitrogens with zero attached hydrogens (tertiary/aromatic N) is 2. The van der Waals surface area contributed by atoms with Crippen LogP contribution in [0.2, 0.25) is 0 Å². The van der Waals surface area contributed by atoms with Crippen LogP contribution in [0.3, 0.4) is 0 Å². The summed E-state index contributed by atoms with van der Waals surface area (Å²) in [6.07, 6.45) is 1.92. The van der Waals surface area contributed by atoms with Crippen molar-refractivity contribution in [2.24, 2.45) is 0 Å². The summed E-state index contributed by atoms with van der Waals surface area (Å²) < 4.78 is 1.08. The van der Waals surface area contributed by atoms with E-state index in [0.29, 0.717) is 0 Å². The molecule has 0 unspecified atom stereocenters. The van der Waals surface area contributed by atoms with Crippen molar-refractivity contribution in [1.82, 2.24) is 10.3 Å². The lowest BCUT2D eigenvalue weighted by Crippen LogP contribution is -2.43. The molecule has 0 atom stereocenters. The second-order valence-electron chi connectivity index (χ2n) is 4.71. The highest BCUT2D eigenvalue weighted by molar-refractivity contribution is 9.10. The second-order valence-corrected chi connectivity index (χ2v) is 5.57. The Kier molecular flexibility index (Phi) is 3.22. The molecule has 1 N–H and O–H groups in total. The number of hydrogen-bond acceptors (Lipinski definition) is 3. The molecule has 1 aliphatic rings. The van der Waals surface area contributed by atoms with Gasteiger partial charge in [-0.25, -0.2) is 0 Å². The molecule has 0 spiro atoms. The van der Waals surface area contributed by atoms with Crippen LogP contribution >= 0.6 is 15.9 Å². The van der Waals surface area contributed by atoms with Gasteiger partial charge in [-0.3, -0.25) is 4.98 Å². The molecule has 3 nitrogen and oxygen atoms in total. The highest BCUT2D eigenvalue weighted by Gasteiger charge is 2.16. The standard InChI is InChI=1S/C14H16BrN3/c1-10-2-3-11-13(8-10)17-9-12(15)14(11)18-6-4-16-5-7-18/h2-3,8-9,16H,4-7H2,1H3. The molecular formula is C14H16BrN3. The maximum atomic E-state index is 4.51. The number of rotatable bonds is 1. The molecule has 1 aromatic carbocycles. The van der Waals surface area contributed by atoms with Crippen molar-refractivity contribution in [2.45, 2.75) is 6.92 Å². The van der Waals surface area contributed by atoms with Gasteiger partial charge in [-0.1, -0.05) is 12.1 Å². The van der Waals surface area contributed by atoms with Crippen LogP contribution in [0.1, 0.15) is 5.56 Å². The number of nitrogens with one attached hydrogen (secondary N) is 1. The van der Waals surface area contributed by atoms with E-state index in [1.807, 2.05) is 6.20 Å². The van der Waals surface area contributed by atoms with Crippen LogP contribution in [0.25, 0.3) is 10.9 Å². The summed E-state index contributed by atoms with van der Waals surface area (Å²) in [5.74, 6) is 0. The molecule has 0 radical (unpaired) electrons. The fraction of sp³-hybridized carbons (Fsp3) is 0.357. The minimum Gasteiger partial charge on any atom is -0.367 e. The first-order valence-corrected chi connectivity index (χ1v) is 7.05. The van der Waals surface area contributed by atoms with Gasteiger partial charge in [-0.05, 0) is 34.5 Å². The van der Waals surface area contributed by atoms with E-state index in [4.69, 9.17) is 0 Å². The van der Waals surface area contributed by atoms with Gasteiger partial charge >= 0.3 is 0 Å². The molecule has 1 aliphatic heterocycles. The zero-order valence-electron chi connectivity index (χ0n) is 10.4. The average Bonchev–Trinajstić information content (AvgIpc) is 2.40. The fourth-order valence-corrected chi connectivity index (χ4v) is 3.04. The molecule has 4 heteroatoms. The summed E-state index contributed by atoms with van der Waals surface area (Å²) in [5.41, 5.74) is 3.61. The quantitative estimate of drug-likeness (QED) is 0.878. The lowest BCUT2D eigenvalue weighted by atomic mass is 10.1. The van der Waals surface area contributed by atoms with E-state index < -0.39 is 0 Å². The number of hydrogen-bond donors (Lipinski definition) is 1. The summed E-state index contributed by atoms with van der Waals surface area (Å²) in [6.45, 7) is 6.29. The number of benzene rings is 1. The third-order valence-corrected chi connectivity index (χ3v) is 3.97. The highest BCUT2D eigenvalue weighted by atomic mass is 79.9. The van der Waals surface area contributed by atoms with Crippen molar-refractivity contribution < 1.29 is 0 Å². The monoisotopic (exact) mass is 305 g/mol. The largest absolute Gasteiger partial charge is 0.367 e. The van der Waals surface area contributed by atoms with Crippen LogP contribution in [0.5, 0.6) is 0 Å². The first-order chi connectivity index (χ1) is 8.75. The molecule has 0 saturated carbocycles. The van der Waals surface area contributed by atoms with E-state index in [2.05, 4.69) is 56.3 Å². The van der Waals surface area contributed by atoms with Gasteiger partial charge in [-0.15, -0.1) is 0 Å². The van der Waals surface area contributed by atoms with Crippen molar-refractivity contribution in [3.05, 3.63) is 34.4 Å². The molecule has 1 fully saturated rings. The summed E-state index contributed by atoms with van der Waals surface area (Å²) in [4.78, 5) is 6.94. The Morgan fingerprint density at radius 3 is 2.83 bits per heavy atom. The van der Waals surface area contributed by atoms with Gasteiger partial charge in [0.1, 0.15) is 0 Å². The highest BCUT2D eigenvalue weighted by Crippen LogP contribution is 2.33. The van der Waals surface area contributed by atoms with Gasteiger partial charge in [0, 0.05) is 37.8 Å². The molecule has 0 aliphatic carbocycles. The molecule has 94 valence electrons. The summed E-state index contributed by atoms with van der Waals surface area (Å²) in [6, 6.07) is 6.48. The number of aryl methyl sites for hydroxylation is 1. The lowest BCUT2D eigenvalue weighted by molar-refractivity contribution is 0.589. The van der Waals surface area contributed by atoms with Gasteiger partial charge < -0.3 is 10.2 Å². The van der Waals surface area contributed by atoms with Crippen molar-refractivity contribution >= 4 is 32.5 Å². The Labute approximate surface area is 115 Å². The third-order valence-electron chi connectivity index (χ3n) is 3.38. The number of fused-ring (bicyclic) bond motifs is 1. The molecule has 18 heavy (non-hydrogen) atoms. The van der Waals surface area contributed by atoms with E-state index >= 15 is 0 Å².